The number of hydrogen-bond donors (Lipinski definition) is 3. The van der Waals surface area contributed by atoms with Crippen molar-refractivity contribution in [3.8, 4) is 0 Å². The molecule has 140 valence electrons. The van der Waals surface area contributed by atoms with Gasteiger partial charge in [0, 0.05) is 30.9 Å². The summed E-state index contributed by atoms with van der Waals surface area (Å²) in [6, 6.07) is 0.493. The second-order valence-corrected chi connectivity index (χ2v) is 8.52. The zero-order chi connectivity index (χ0) is 17.4. The van der Waals surface area contributed by atoms with Gasteiger partial charge in [0.15, 0.2) is 5.96 Å². The van der Waals surface area contributed by atoms with Gasteiger partial charge in [-0.2, -0.15) is 11.8 Å². The number of likely N-dealkylation sites (tertiary alicyclic amines) is 1. The molecule has 2 aliphatic rings. The summed E-state index contributed by atoms with van der Waals surface area (Å²) in [4.78, 5) is 7.25. The standard InChI is InChI=1S/C18H36N4OS/c1-4-11-22-12-8-15(9-13-22)21-17(19-5-2)20-14-18(23)10-7-16(18)24-6-3/h15-16,23H,4-14H2,1-3H3,(H2,19,20,21). The van der Waals surface area contributed by atoms with E-state index in [1.54, 1.807) is 0 Å². The molecule has 1 aliphatic carbocycles. The minimum atomic E-state index is -0.604. The van der Waals surface area contributed by atoms with E-state index in [0.29, 0.717) is 17.8 Å². The molecule has 5 nitrogen and oxygen atoms in total. The predicted molar refractivity (Wildman–Crippen MR) is 105 cm³/mol. The van der Waals surface area contributed by atoms with Crippen LogP contribution in [0.15, 0.2) is 4.99 Å². The lowest BCUT2D eigenvalue weighted by atomic mass is 9.79. The van der Waals surface area contributed by atoms with E-state index in [0.717, 1.165) is 31.1 Å². The molecule has 0 aromatic rings. The molecule has 2 fully saturated rings. The van der Waals surface area contributed by atoms with Gasteiger partial charge in [0.25, 0.3) is 0 Å². The Morgan fingerprint density at radius 1 is 1.25 bits per heavy atom. The van der Waals surface area contributed by atoms with Gasteiger partial charge in [-0.05, 0) is 51.3 Å². The summed E-state index contributed by atoms with van der Waals surface area (Å²) >= 11 is 1.86. The molecule has 0 radical (unpaired) electrons. The Hall–Kier alpha value is -0.460. The maximum atomic E-state index is 10.7. The lowest BCUT2D eigenvalue weighted by Gasteiger charge is -2.44. The quantitative estimate of drug-likeness (QED) is 0.459. The van der Waals surface area contributed by atoms with Crippen LogP contribution >= 0.6 is 11.8 Å². The molecule has 0 bridgehead atoms. The number of aliphatic hydroxyl groups is 1. The van der Waals surface area contributed by atoms with E-state index < -0.39 is 5.60 Å². The first kappa shape index (κ1) is 19.9. The number of rotatable bonds is 8. The Labute approximate surface area is 152 Å². The average molecular weight is 357 g/mol. The molecule has 3 N–H and O–H groups in total. The Balaban J connectivity index is 1.83. The van der Waals surface area contributed by atoms with Gasteiger partial charge in [0.05, 0.1) is 12.1 Å². The van der Waals surface area contributed by atoms with Crippen molar-refractivity contribution in [2.75, 3.05) is 38.5 Å². The van der Waals surface area contributed by atoms with Gasteiger partial charge in [-0.3, -0.25) is 4.99 Å². The zero-order valence-corrected chi connectivity index (χ0v) is 16.5. The third-order valence-electron chi connectivity index (χ3n) is 5.13. The number of nitrogens with one attached hydrogen (secondary N) is 2. The minimum Gasteiger partial charge on any atom is -0.387 e. The highest BCUT2D eigenvalue weighted by molar-refractivity contribution is 8.00. The molecule has 0 aromatic carbocycles. The maximum absolute atomic E-state index is 10.7. The van der Waals surface area contributed by atoms with Crippen LogP contribution < -0.4 is 10.6 Å². The van der Waals surface area contributed by atoms with Crippen LogP contribution in [0.2, 0.25) is 0 Å². The van der Waals surface area contributed by atoms with Crippen LogP contribution in [-0.2, 0) is 0 Å². The van der Waals surface area contributed by atoms with E-state index in [2.05, 4.69) is 36.3 Å². The molecular weight excluding hydrogens is 320 g/mol. The lowest BCUT2D eigenvalue weighted by Crippen LogP contribution is -2.54. The maximum Gasteiger partial charge on any atom is 0.191 e. The first-order valence-electron chi connectivity index (χ1n) is 9.72. The van der Waals surface area contributed by atoms with E-state index in [-0.39, 0.29) is 0 Å². The number of nitrogens with zero attached hydrogens (tertiary/aromatic N) is 2. The van der Waals surface area contributed by atoms with Crippen LogP contribution in [0.25, 0.3) is 0 Å². The smallest absolute Gasteiger partial charge is 0.191 e. The number of thioether (sulfide) groups is 1. The van der Waals surface area contributed by atoms with E-state index in [9.17, 15) is 5.11 Å². The fourth-order valence-corrected chi connectivity index (χ4v) is 4.75. The highest BCUT2D eigenvalue weighted by atomic mass is 32.2. The fraction of sp³-hybridized carbons (Fsp3) is 0.944. The Morgan fingerprint density at radius 3 is 2.54 bits per heavy atom. The minimum absolute atomic E-state index is 0.353. The van der Waals surface area contributed by atoms with E-state index >= 15 is 0 Å². The summed E-state index contributed by atoms with van der Waals surface area (Å²) in [5.41, 5.74) is -0.604. The number of guanidine groups is 1. The van der Waals surface area contributed by atoms with Crippen molar-refractivity contribution in [2.45, 2.75) is 69.8 Å². The van der Waals surface area contributed by atoms with Gasteiger partial charge in [0.2, 0.25) is 0 Å². The summed E-state index contributed by atoms with van der Waals surface area (Å²) in [5.74, 6) is 1.93. The summed E-state index contributed by atoms with van der Waals surface area (Å²) in [6.45, 7) is 11.4. The van der Waals surface area contributed by atoms with Gasteiger partial charge >= 0.3 is 0 Å². The molecule has 1 saturated heterocycles. The van der Waals surface area contributed by atoms with Crippen LogP contribution in [0.5, 0.6) is 0 Å². The summed E-state index contributed by atoms with van der Waals surface area (Å²) in [5, 5.41) is 18.0. The molecule has 2 atom stereocenters. The van der Waals surface area contributed by atoms with Crippen molar-refractivity contribution in [2.24, 2.45) is 4.99 Å². The summed E-state index contributed by atoms with van der Waals surface area (Å²) in [7, 11) is 0. The molecule has 2 rings (SSSR count). The Kier molecular flexibility index (Phi) is 8.17. The van der Waals surface area contributed by atoms with Crippen LogP contribution in [0.3, 0.4) is 0 Å². The largest absolute Gasteiger partial charge is 0.387 e. The van der Waals surface area contributed by atoms with E-state index in [1.165, 1.54) is 38.9 Å². The Morgan fingerprint density at radius 2 is 2.00 bits per heavy atom. The molecule has 1 saturated carbocycles. The average Bonchev–Trinajstić information content (AvgIpc) is 2.58. The van der Waals surface area contributed by atoms with E-state index in [4.69, 9.17) is 4.99 Å². The molecule has 2 unspecified atom stereocenters. The number of piperidine rings is 1. The van der Waals surface area contributed by atoms with Crippen molar-refractivity contribution in [3.63, 3.8) is 0 Å². The van der Waals surface area contributed by atoms with Crippen LogP contribution in [-0.4, -0.2) is 71.3 Å². The molecule has 1 heterocycles. The fourth-order valence-electron chi connectivity index (χ4n) is 3.56. The predicted octanol–water partition coefficient (Wildman–Crippen LogP) is 2.06. The van der Waals surface area contributed by atoms with Gasteiger partial charge in [0.1, 0.15) is 0 Å². The van der Waals surface area contributed by atoms with Gasteiger partial charge in [-0.15, -0.1) is 0 Å². The third-order valence-corrected chi connectivity index (χ3v) is 6.54. The van der Waals surface area contributed by atoms with Crippen LogP contribution in [0, 0.1) is 0 Å². The highest BCUT2D eigenvalue weighted by Crippen LogP contribution is 2.41. The Bertz CT molecular complexity index is 398. The SMILES string of the molecule is CCCN1CCC(NC(=NCC2(O)CCC2SCC)NCC)CC1. The topological polar surface area (TPSA) is 59.9 Å². The number of hydrogen-bond acceptors (Lipinski definition) is 4. The zero-order valence-electron chi connectivity index (χ0n) is 15.7. The van der Waals surface area contributed by atoms with Crippen molar-refractivity contribution < 1.29 is 5.11 Å². The number of aliphatic imine (C=N–C) groups is 1. The normalized spacial score (nSPS) is 29.3. The van der Waals surface area contributed by atoms with Crippen LogP contribution in [0.1, 0.15) is 52.9 Å². The molecular formula is C18H36N4OS. The first-order valence-corrected chi connectivity index (χ1v) is 10.8. The summed E-state index contributed by atoms with van der Waals surface area (Å²) in [6.07, 6.45) is 5.57. The van der Waals surface area contributed by atoms with Gasteiger partial charge < -0.3 is 20.6 Å². The lowest BCUT2D eigenvalue weighted by molar-refractivity contribution is -0.0155. The van der Waals surface area contributed by atoms with Crippen molar-refractivity contribution >= 4 is 17.7 Å². The molecule has 0 aromatic heterocycles. The molecule has 0 spiro atoms. The molecule has 1 aliphatic heterocycles. The molecule has 24 heavy (non-hydrogen) atoms. The second-order valence-electron chi connectivity index (χ2n) is 7.04. The summed E-state index contributed by atoms with van der Waals surface area (Å²) < 4.78 is 0. The van der Waals surface area contributed by atoms with Gasteiger partial charge in [-0.25, -0.2) is 0 Å². The van der Waals surface area contributed by atoms with Gasteiger partial charge in [-0.1, -0.05) is 13.8 Å². The van der Waals surface area contributed by atoms with Crippen molar-refractivity contribution in [3.05, 3.63) is 0 Å². The highest BCUT2D eigenvalue weighted by Gasteiger charge is 2.45. The van der Waals surface area contributed by atoms with Crippen LogP contribution in [0.4, 0.5) is 0 Å². The second kappa shape index (κ2) is 9.88. The van der Waals surface area contributed by atoms with Crippen molar-refractivity contribution in [1.29, 1.82) is 0 Å². The third kappa shape index (κ3) is 5.53. The van der Waals surface area contributed by atoms with E-state index in [1.807, 2.05) is 11.8 Å². The monoisotopic (exact) mass is 356 g/mol. The molecule has 0 amide bonds. The first-order chi connectivity index (χ1) is 11.6. The van der Waals surface area contributed by atoms with Crippen molar-refractivity contribution in [1.82, 2.24) is 15.5 Å². The molecule has 6 heteroatoms.